The van der Waals surface area contributed by atoms with E-state index in [4.69, 9.17) is 11.6 Å². The lowest BCUT2D eigenvalue weighted by Crippen LogP contribution is -2.07. The van der Waals surface area contributed by atoms with E-state index < -0.39 is 0 Å². The van der Waals surface area contributed by atoms with Gasteiger partial charge in [-0.3, -0.25) is 4.90 Å². The fourth-order valence-corrected chi connectivity index (χ4v) is 2.53. The molecule has 1 aliphatic heterocycles. The maximum absolute atomic E-state index is 6.08. The fraction of sp³-hybridized carbons (Fsp3) is 0.333. The molecule has 0 saturated carbocycles. The van der Waals surface area contributed by atoms with Crippen LogP contribution in [0.25, 0.3) is 0 Å². The molecule has 0 radical (unpaired) electrons. The summed E-state index contributed by atoms with van der Waals surface area (Å²) in [5.74, 6) is 0. The molecule has 0 spiro atoms. The number of rotatable bonds is 0. The second-order valence-corrected chi connectivity index (χ2v) is 4.52. The summed E-state index contributed by atoms with van der Waals surface area (Å²) < 4.78 is 1.07. The maximum atomic E-state index is 6.08. The van der Waals surface area contributed by atoms with Crippen LogP contribution in [0.2, 0.25) is 5.02 Å². The van der Waals surface area contributed by atoms with Gasteiger partial charge in [0.2, 0.25) is 0 Å². The topological polar surface area (TPSA) is 3.24 Å². The number of nitrogens with zero attached hydrogens (tertiary/aromatic N) is 1. The Kier molecular flexibility index (Phi) is 2.15. The van der Waals surface area contributed by atoms with Crippen LogP contribution in [0, 0.1) is 0 Å². The summed E-state index contributed by atoms with van der Waals surface area (Å²) in [7, 11) is 2.10. The first kappa shape index (κ1) is 8.54. The minimum Gasteiger partial charge on any atom is -0.298 e. The number of hydrogen-bond donors (Lipinski definition) is 0. The van der Waals surface area contributed by atoms with Crippen molar-refractivity contribution in [3.05, 3.63) is 32.8 Å². The van der Waals surface area contributed by atoms with E-state index in [0.29, 0.717) is 0 Å². The lowest BCUT2D eigenvalue weighted by Gasteiger charge is -2.03. The van der Waals surface area contributed by atoms with Crippen LogP contribution in [0.15, 0.2) is 16.6 Å². The van der Waals surface area contributed by atoms with Crippen LogP contribution in [0.5, 0.6) is 0 Å². The van der Waals surface area contributed by atoms with Gasteiger partial charge in [-0.2, -0.15) is 0 Å². The second-order valence-electron chi connectivity index (χ2n) is 3.20. The van der Waals surface area contributed by atoms with E-state index >= 15 is 0 Å². The molecule has 0 saturated heterocycles. The lowest BCUT2D eigenvalue weighted by atomic mass is 10.1. The molecule has 1 aliphatic rings. The zero-order chi connectivity index (χ0) is 8.72. The molecule has 2 rings (SSSR count). The quantitative estimate of drug-likeness (QED) is 0.680. The molecular weight excluding hydrogens is 237 g/mol. The molecule has 0 aromatic heterocycles. The molecule has 0 fully saturated rings. The molecule has 12 heavy (non-hydrogen) atoms. The Balaban J connectivity index is 2.52. The van der Waals surface area contributed by atoms with E-state index in [-0.39, 0.29) is 0 Å². The van der Waals surface area contributed by atoms with Gasteiger partial charge in [0.15, 0.2) is 0 Å². The molecule has 1 aromatic rings. The predicted molar refractivity (Wildman–Crippen MR) is 54.3 cm³/mol. The van der Waals surface area contributed by atoms with Gasteiger partial charge in [0.25, 0.3) is 0 Å². The molecule has 64 valence electrons. The lowest BCUT2D eigenvalue weighted by molar-refractivity contribution is 0.353. The highest BCUT2D eigenvalue weighted by Gasteiger charge is 2.18. The van der Waals surface area contributed by atoms with Crippen molar-refractivity contribution in [3.8, 4) is 0 Å². The summed E-state index contributed by atoms with van der Waals surface area (Å²) in [6.45, 7) is 1.98. The zero-order valence-electron chi connectivity index (χ0n) is 6.77. The number of halogens is 2. The average molecular weight is 247 g/mol. The SMILES string of the molecule is CN1Cc2cc(Br)cc(Cl)c2C1. The van der Waals surface area contributed by atoms with Crippen molar-refractivity contribution >= 4 is 27.5 Å². The van der Waals surface area contributed by atoms with E-state index in [9.17, 15) is 0 Å². The van der Waals surface area contributed by atoms with Crippen molar-refractivity contribution in [3.63, 3.8) is 0 Å². The number of benzene rings is 1. The van der Waals surface area contributed by atoms with Gasteiger partial charge >= 0.3 is 0 Å². The van der Waals surface area contributed by atoms with Gasteiger partial charge in [-0.1, -0.05) is 27.5 Å². The highest BCUT2D eigenvalue weighted by Crippen LogP contribution is 2.31. The standard InChI is InChI=1S/C9H9BrClN/c1-12-4-6-2-7(10)3-9(11)8(6)5-12/h2-3H,4-5H2,1H3. The van der Waals surface area contributed by atoms with Gasteiger partial charge in [0, 0.05) is 22.6 Å². The summed E-state index contributed by atoms with van der Waals surface area (Å²) >= 11 is 9.52. The molecule has 1 heterocycles. The van der Waals surface area contributed by atoms with E-state index in [0.717, 1.165) is 22.6 Å². The van der Waals surface area contributed by atoms with Gasteiger partial charge in [0.05, 0.1) is 0 Å². The van der Waals surface area contributed by atoms with E-state index in [1.165, 1.54) is 11.1 Å². The summed E-state index contributed by atoms with van der Waals surface area (Å²) in [5.41, 5.74) is 2.62. The van der Waals surface area contributed by atoms with E-state index in [1.807, 2.05) is 6.07 Å². The molecule has 1 aromatic carbocycles. The summed E-state index contributed by atoms with van der Waals surface area (Å²) in [6, 6.07) is 4.10. The largest absolute Gasteiger partial charge is 0.298 e. The number of fused-ring (bicyclic) bond motifs is 1. The number of hydrogen-bond acceptors (Lipinski definition) is 1. The van der Waals surface area contributed by atoms with Crippen LogP contribution in [-0.2, 0) is 13.1 Å². The van der Waals surface area contributed by atoms with Crippen molar-refractivity contribution < 1.29 is 0 Å². The Bertz CT molecular complexity index is 325. The van der Waals surface area contributed by atoms with Crippen LogP contribution < -0.4 is 0 Å². The highest BCUT2D eigenvalue weighted by atomic mass is 79.9. The Morgan fingerprint density at radius 3 is 2.92 bits per heavy atom. The molecule has 0 amide bonds. The highest BCUT2D eigenvalue weighted by molar-refractivity contribution is 9.10. The maximum Gasteiger partial charge on any atom is 0.0465 e. The predicted octanol–water partition coefficient (Wildman–Crippen LogP) is 3.05. The molecule has 0 atom stereocenters. The van der Waals surface area contributed by atoms with Crippen LogP contribution in [-0.4, -0.2) is 11.9 Å². The molecule has 0 aliphatic carbocycles. The van der Waals surface area contributed by atoms with Crippen molar-refractivity contribution in [1.29, 1.82) is 0 Å². The first-order valence-electron chi connectivity index (χ1n) is 3.82. The van der Waals surface area contributed by atoms with Gasteiger partial charge in [-0.25, -0.2) is 0 Å². The van der Waals surface area contributed by atoms with Crippen molar-refractivity contribution in [2.45, 2.75) is 13.1 Å². The minimum absolute atomic E-state index is 0.878. The Hall–Kier alpha value is -0.0500. The van der Waals surface area contributed by atoms with Crippen molar-refractivity contribution in [2.24, 2.45) is 0 Å². The third kappa shape index (κ3) is 1.39. The second kappa shape index (κ2) is 3.02. The summed E-state index contributed by atoms with van der Waals surface area (Å²) in [6.07, 6.45) is 0. The van der Waals surface area contributed by atoms with Crippen molar-refractivity contribution in [1.82, 2.24) is 4.90 Å². The Morgan fingerprint density at radius 1 is 1.42 bits per heavy atom. The third-order valence-electron chi connectivity index (χ3n) is 2.12. The minimum atomic E-state index is 0.878. The molecule has 1 nitrogen and oxygen atoms in total. The normalized spacial score (nSPS) is 16.6. The molecule has 3 heteroatoms. The molecule has 0 N–H and O–H groups in total. The van der Waals surface area contributed by atoms with Gasteiger partial charge in [-0.15, -0.1) is 0 Å². The van der Waals surface area contributed by atoms with E-state index in [1.54, 1.807) is 0 Å². The molecular formula is C9H9BrClN. The summed E-state index contributed by atoms with van der Waals surface area (Å²) in [4.78, 5) is 2.25. The van der Waals surface area contributed by atoms with Crippen LogP contribution in [0.4, 0.5) is 0 Å². The van der Waals surface area contributed by atoms with Gasteiger partial charge in [-0.05, 0) is 30.3 Å². The Labute approximate surface area is 85.5 Å². The monoisotopic (exact) mass is 245 g/mol. The molecule has 0 unspecified atom stereocenters. The van der Waals surface area contributed by atoms with Crippen molar-refractivity contribution in [2.75, 3.05) is 7.05 Å². The fourth-order valence-electron chi connectivity index (χ4n) is 1.59. The first-order valence-corrected chi connectivity index (χ1v) is 4.99. The summed E-state index contributed by atoms with van der Waals surface area (Å²) in [5, 5.41) is 0.878. The third-order valence-corrected chi connectivity index (χ3v) is 2.92. The van der Waals surface area contributed by atoms with Crippen LogP contribution in [0.3, 0.4) is 0 Å². The van der Waals surface area contributed by atoms with Crippen LogP contribution in [0.1, 0.15) is 11.1 Å². The molecule has 0 bridgehead atoms. The Morgan fingerprint density at radius 2 is 2.17 bits per heavy atom. The van der Waals surface area contributed by atoms with E-state index in [2.05, 4.69) is 33.9 Å². The van der Waals surface area contributed by atoms with Gasteiger partial charge in [0.1, 0.15) is 0 Å². The zero-order valence-corrected chi connectivity index (χ0v) is 9.11. The van der Waals surface area contributed by atoms with Gasteiger partial charge < -0.3 is 0 Å². The first-order chi connectivity index (χ1) is 5.66. The average Bonchev–Trinajstić information content (AvgIpc) is 2.29. The smallest absolute Gasteiger partial charge is 0.0465 e. The van der Waals surface area contributed by atoms with Crippen LogP contribution >= 0.6 is 27.5 Å².